The number of carbonyl (C=O) groups excluding carboxylic acids is 1. The molecule has 0 fully saturated rings. The highest BCUT2D eigenvalue weighted by Gasteiger charge is 2.20. The summed E-state index contributed by atoms with van der Waals surface area (Å²) in [5.74, 6) is 1.81. The minimum Gasteiger partial charge on any atom is -0.496 e. The van der Waals surface area contributed by atoms with Gasteiger partial charge in [-0.3, -0.25) is 4.79 Å². The van der Waals surface area contributed by atoms with E-state index in [4.69, 9.17) is 13.9 Å². The van der Waals surface area contributed by atoms with Crippen LogP contribution in [0.15, 0.2) is 40.8 Å². The Balaban J connectivity index is 1.88. The number of rotatable bonds is 6. The molecule has 1 heterocycles. The van der Waals surface area contributed by atoms with Crippen LogP contribution in [0.2, 0.25) is 0 Å². The monoisotopic (exact) mass is 381 g/mol. The lowest BCUT2D eigenvalue weighted by Crippen LogP contribution is -2.27. The van der Waals surface area contributed by atoms with Gasteiger partial charge in [0, 0.05) is 5.39 Å². The van der Waals surface area contributed by atoms with E-state index >= 15 is 0 Å². The molecule has 3 aromatic rings. The van der Waals surface area contributed by atoms with E-state index in [0.29, 0.717) is 17.3 Å². The molecular weight excluding hydrogens is 354 g/mol. The van der Waals surface area contributed by atoms with Crippen LogP contribution in [0.1, 0.15) is 60.0 Å². The molecule has 3 rings (SSSR count). The lowest BCUT2D eigenvalue weighted by Gasteiger charge is -2.20. The molecular formula is C23H27NO4. The van der Waals surface area contributed by atoms with Gasteiger partial charge in [0.05, 0.1) is 20.3 Å². The molecule has 0 saturated heterocycles. The Kier molecular flexibility index (Phi) is 5.63. The number of furan rings is 1. The minimum absolute atomic E-state index is 0.175. The molecule has 1 aromatic heterocycles. The van der Waals surface area contributed by atoms with E-state index in [-0.39, 0.29) is 17.7 Å². The molecule has 1 amide bonds. The van der Waals surface area contributed by atoms with Crippen molar-refractivity contribution in [1.29, 1.82) is 0 Å². The van der Waals surface area contributed by atoms with Gasteiger partial charge in [-0.15, -0.1) is 0 Å². The Bertz CT molecular complexity index is 1000. The van der Waals surface area contributed by atoms with E-state index in [1.165, 1.54) is 0 Å². The number of carbonyl (C=O) groups is 1. The Morgan fingerprint density at radius 2 is 1.71 bits per heavy atom. The van der Waals surface area contributed by atoms with Crippen LogP contribution in [0.5, 0.6) is 11.5 Å². The summed E-state index contributed by atoms with van der Waals surface area (Å²) in [6.07, 6.45) is 0. The number of benzene rings is 2. The molecule has 0 radical (unpaired) electrons. The molecule has 0 aliphatic carbocycles. The third-order valence-corrected chi connectivity index (χ3v) is 5.01. The molecule has 0 aliphatic rings. The molecule has 28 heavy (non-hydrogen) atoms. The van der Waals surface area contributed by atoms with Crippen LogP contribution < -0.4 is 14.8 Å². The van der Waals surface area contributed by atoms with Crippen molar-refractivity contribution < 1.29 is 18.7 Å². The lowest BCUT2D eigenvalue weighted by molar-refractivity contribution is 0.0914. The van der Waals surface area contributed by atoms with Gasteiger partial charge in [0.15, 0.2) is 17.1 Å². The fourth-order valence-electron chi connectivity index (χ4n) is 3.46. The first-order valence-corrected chi connectivity index (χ1v) is 9.41. The molecule has 5 nitrogen and oxygen atoms in total. The van der Waals surface area contributed by atoms with Crippen LogP contribution in [-0.2, 0) is 0 Å². The van der Waals surface area contributed by atoms with Gasteiger partial charge in [-0.25, -0.2) is 0 Å². The van der Waals surface area contributed by atoms with Crippen molar-refractivity contribution in [1.82, 2.24) is 5.32 Å². The molecule has 2 aromatic carbocycles. The highest BCUT2D eigenvalue weighted by molar-refractivity contribution is 5.97. The quantitative estimate of drug-likeness (QED) is 0.623. The second-order valence-electron chi connectivity index (χ2n) is 7.29. The predicted molar refractivity (Wildman–Crippen MR) is 110 cm³/mol. The topological polar surface area (TPSA) is 60.7 Å². The van der Waals surface area contributed by atoms with Crippen LogP contribution in [0.3, 0.4) is 0 Å². The van der Waals surface area contributed by atoms with E-state index in [2.05, 4.69) is 25.2 Å². The molecule has 0 spiro atoms. The maximum atomic E-state index is 12.8. The number of nitrogens with one attached hydrogen (secondary N) is 1. The number of ether oxygens (including phenoxy) is 2. The Morgan fingerprint density at radius 3 is 2.36 bits per heavy atom. The highest BCUT2D eigenvalue weighted by atomic mass is 16.5. The Labute approximate surface area is 165 Å². The van der Waals surface area contributed by atoms with Gasteiger partial charge < -0.3 is 19.2 Å². The summed E-state index contributed by atoms with van der Waals surface area (Å²) in [5, 5.41) is 3.87. The molecule has 1 N–H and O–H groups in total. The zero-order chi connectivity index (χ0) is 20.4. The van der Waals surface area contributed by atoms with Gasteiger partial charge in [0.1, 0.15) is 5.75 Å². The van der Waals surface area contributed by atoms with Crippen LogP contribution in [0, 0.1) is 6.92 Å². The average Bonchev–Trinajstić information content (AvgIpc) is 3.11. The number of para-hydroxylation sites is 1. The van der Waals surface area contributed by atoms with E-state index in [9.17, 15) is 4.79 Å². The van der Waals surface area contributed by atoms with Crippen molar-refractivity contribution in [2.45, 2.75) is 39.7 Å². The van der Waals surface area contributed by atoms with Gasteiger partial charge >= 0.3 is 0 Å². The SMILES string of the molecule is COc1cc(C)c([C@H](C)NC(=O)c2cc3cccc(OC)c3o2)cc1C(C)C. The number of methoxy groups -OCH3 is 2. The third kappa shape index (κ3) is 3.70. The zero-order valence-electron chi connectivity index (χ0n) is 17.3. The van der Waals surface area contributed by atoms with E-state index in [1.54, 1.807) is 20.3 Å². The van der Waals surface area contributed by atoms with Gasteiger partial charge in [0.2, 0.25) is 0 Å². The van der Waals surface area contributed by atoms with E-state index in [0.717, 1.165) is 27.8 Å². The fraction of sp³-hybridized carbons (Fsp3) is 0.348. The lowest BCUT2D eigenvalue weighted by atomic mass is 9.93. The van der Waals surface area contributed by atoms with Crippen molar-refractivity contribution in [2.75, 3.05) is 14.2 Å². The predicted octanol–water partition coefficient (Wildman–Crippen LogP) is 5.37. The second-order valence-corrected chi connectivity index (χ2v) is 7.29. The normalized spacial score (nSPS) is 12.2. The first-order valence-electron chi connectivity index (χ1n) is 9.41. The molecule has 0 saturated carbocycles. The van der Waals surface area contributed by atoms with Crippen molar-refractivity contribution in [2.24, 2.45) is 0 Å². The smallest absolute Gasteiger partial charge is 0.287 e. The first-order chi connectivity index (χ1) is 13.3. The Hall–Kier alpha value is -2.95. The zero-order valence-corrected chi connectivity index (χ0v) is 17.3. The summed E-state index contributed by atoms with van der Waals surface area (Å²) in [7, 11) is 3.26. The van der Waals surface area contributed by atoms with Gasteiger partial charge in [-0.2, -0.15) is 0 Å². The summed E-state index contributed by atoms with van der Waals surface area (Å²) in [6.45, 7) is 8.25. The number of amides is 1. The van der Waals surface area contributed by atoms with Crippen LogP contribution in [0.4, 0.5) is 0 Å². The summed E-state index contributed by atoms with van der Waals surface area (Å²) in [6, 6.07) is 11.3. The molecule has 0 bridgehead atoms. The van der Waals surface area contributed by atoms with Crippen LogP contribution in [-0.4, -0.2) is 20.1 Å². The van der Waals surface area contributed by atoms with Gasteiger partial charge in [-0.05, 0) is 60.7 Å². The minimum atomic E-state index is -0.257. The van der Waals surface area contributed by atoms with Gasteiger partial charge in [-0.1, -0.05) is 26.0 Å². The average molecular weight is 381 g/mol. The van der Waals surface area contributed by atoms with Crippen molar-refractivity contribution >= 4 is 16.9 Å². The first kappa shape index (κ1) is 19.8. The second kappa shape index (κ2) is 7.97. The van der Waals surface area contributed by atoms with Crippen molar-refractivity contribution in [3.63, 3.8) is 0 Å². The largest absolute Gasteiger partial charge is 0.496 e. The highest BCUT2D eigenvalue weighted by Crippen LogP contribution is 2.33. The van der Waals surface area contributed by atoms with Gasteiger partial charge in [0.25, 0.3) is 5.91 Å². The number of hydrogen-bond acceptors (Lipinski definition) is 4. The number of fused-ring (bicyclic) bond motifs is 1. The standard InChI is InChI=1S/C23H27NO4/c1-13(2)17-12-18(14(3)10-20(17)27-6)15(4)24-23(25)21-11-16-8-7-9-19(26-5)22(16)28-21/h7-13,15H,1-6H3,(H,24,25)/t15-/m0/s1. The molecule has 148 valence electrons. The molecule has 0 unspecified atom stereocenters. The van der Waals surface area contributed by atoms with Crippen molar-refractivity contribution in [3.05, 3.63) is 58.8 Å². The van der Waals surface area contributed by atoms with Crippen molar-refractivity contribution in [3.8, 4) is 11.5 Å². The van der Waals surface area contributed by atoms with Crippen LogP contribution in [0.25, 0.3) is 11.0 Å². The third-order valence-electron chi connectivity index (χ3n) is 5.01. The van der Waals surface area contributed by atoms with E-state index in [1.807, 2.05) is 38.1 Å². The maximum Gasteiger partial charge on any atom is 0.287 e. The number of aryl methyl sites for hydroxylation is 1. The molecule has 5 heteroatoms. The molecule has 0 aliphatic heterocycles. The summed E-state index contributed by atoms with van der Waals surface area (Å²) >= 11 is 0. The summed E-state index contributed by atoms with van der Waals surface area (Å²) < 4.78 is 16.6. The maximum absolute atomic E-state index is 12.8. The molecule has 1 atom stereocenters. The van der Waals surface area contributed by atoms with Crippen LogP contribution >= 0.6 is 0 Å². The fourth-order valence-corrected chi connectivity index (χ4v) is 3.46. The van der Waals surface area contributed by atoms with E-state index < -0.39 is 0 Å². The number of hydrogen-bond donors (Lipinski definition) is 1. The Morgan fingerprint density at radius 1 is 1.00 bits per heavy atom. The summed E-state index contributed by atoms with van der Waals surface area (Å²) in [4.78, 5) is 12.8. The summed E-state index contributed by atoms with van der Waals surface area (Å²) in [5.41, 5.74) is 3.83.